The van der Waals surface area contributed by atoms with Crippen molar-refractivity contribution in [3.05, 3.63) is 60.2 Å². The summed E-state index contributed by atoms with van der Waals surface area (Å²) in [5.41, 5.74) is -0.0451. The molecule has 0 aliphatic rings. The van der Waals surface area contributed by atoms with Crippen molar-refractivity contribution in [2.75, 3.05) is 5.32 Å². The Hall–Kier alpha value is -2.99. The average molecular weight is 423 g/mol. The van der Waals surface area contributed by atoms with Crippen molar-refractivity contribution in [1.82, 2.24) is 0 Å². The first-order valence-corrected chi connectivity index (χ1v) is 10.5. The molecule has 9 nitrogen and oxygen atoms in total. The molecule has 0 spiro atoms. The number of benzene rings is 3. The molecule has 0 saturated heterocycles. The molecule has 0 aromatic heterocycles. The molecule has 3 aromatic carbocycles. The minimum absolute atomic E-state index is 0.153. The molecule has 1 amide bonds. The molecule has 0 bridgehead atoms. The third-order valence-corrected chi connectivity index (χ3v) is 5.67. The van der Waals surface area contributed by atoms with E-state index in [9.17, 15) is 31.3 Å². The van der Waals surface area contributed by atoms with Gasteiger partial charge in [0.1, 0.15) is 15.5 Å². The van der Waals surface area contributed by atoms with Crippen LogP contribution in [0.4, 0.5) is 5.69 Å². The quantitative estimate of drug-likeness (QED) is 0.465. The first kappa shape index (κ1) is 19.8. The van der Waals surface area contributed by atoms with Crippen molar-refractivity contribution < 1.29 is 35.8 Å². The zero-order valence-electron chi connectivity index (χ0n) is 13.9. The SMILES string of the molecule is O=C(Nc1cc2ccc(S(=O)(=O)O)c(O)c2cc1S(=O)(=O)O)c1ccccc1. The van der Waals surface area contributed by atoms with Crippen LogP contribution in [-0.2, 0) is 20.2 Å². The number of hydrogen-bond acceptors (Lipinski definition) is 6. The summed E-state index contributed by atoms with van der Waals surface area (Å²) < 4.78 is 64.8. The second-order valence-corrected chi connectivity index (χ2v) is 8.53. The summed E-state index contributed by atoms with van der Waals surface area (Å²) in [7, 11) is -9.63. The second kappa shape index (κ2) is 6.87. The molecule has 4 N–H and O–H groups in total. The van der Waals surface area contributed by atoms with Gasteiger partial charge in [-0.3, -0.25) is 13.9 Å². The lowest BCUT2D eigenvalue weighted by Gasteiger charge is -2.13. The van der Waals surface area contributed by atoms with Crippen molar-refractivity contribution in [2.45, 2.75) is 9.79 Å². The summed E-state index contributed by atoms with van der Waals surface area (Å²) in [4.78, 5) is 10.7. The molecular weight excluding hydrogens is 410 g/mol. The molecule has 0 aliphatic heterocycles. The fraction of sp³-hybridized carbons (Fsp3) is 0. The Morgan fingerprint density at radius 2 is 1.43 bits per heavy atom. The number of nitrogens with one attached hydrogen (secondary N) is 1. The molecule has 0 atom stereocenters. The topological polar surface area (TPSA) is 158 Å². The zero-order valence-corrected chi connectivity index (χ0v) is 15.5. The number of rotatable bonds is 4. The van der Waals surface area contributed by atoms with Gasteiger partial charge in [-0.2, -0.15) is 16.8 Å². The Morgan fingerprint density at radius 1 is 0.821 bits per heavy atom. The predicted molar refractivity (Wildman–Crippen MR) is 99.6 cm³/mol. The summed E-state index contributed by atoms with van der Waals surface area (Å²) in [5, 5.41) is 12.4. The van der Waals surface area contributed by atoms with Gasteiger partial charge in [0.25, 0.3) is 26.1 Å². The Bertz CT molecular complexity index is 1300. The number of amides is 1. The smallest absolute Gasteiger partial charge is 0.298 e. The number of phenolic OH excluding ortho intramolecular Hbond substituents is 1. The predicted octanol–water partition coefficient (Wildman–Crippen LogP) is 2.29. The number of anilines is 1. The highest BCUT2D eigenvalue weighted by atomic mass is 32.2. The van der Waals surface area contributed by atoms with Crippen molar-refractivity contribution >= 4 is 42.6 Å². The van der Waals surface area contributed by atoms with Crippen LogP contribution in [0, 0.1) is 0 Å². The van der Waals surface area contributed by atoms with Gasteiger partial charge >= 0.3 is 0 Å². The number of hydrogen-bond donors (Lipinski definition) is 4. The third kappa shape index (κ3) is 3.82. The molecule has 28 heavy (non-hydrogen) atoms. The van der Waals surface area contributed by atoms with Gasteiger partial charge in [-0.15, -0.1) is 0 Å². The lowest BCUT2D eigenvalue weighted by molar-refractivity contribution is 0.102. The molecule has 0 fully saturated rings. The van der Waals surface area contributed by atoms with Crippen LogP contribution < -0.4 is 5.32 Å². The molecule has 11 heteroatoms. The number of carbonyl (C=O) groups excluding carboxylic acids is 1. The summed E-state index contributed by atoms with van der Waals surface area (Å²) in [5.74, 6) is -1.55. The van der Waals surface area contributed by atoms with E-state index in [0.717, 1.165) is 18.2 Å². The van der Waals surface area contributed by atoms with Crippen LogP contribution in [0.2, 0.25) is 0 Å². The van der Waals surface area contributed by atoms with E-state index in [1.54, 1.807) is 18.2 Å². The fourth-order valence-corrected chi connectivity index (χ4v) is 3.87. The van der Waals surface area contributed by atoms with E-state index in [4.69, 9.17) is 4.55 Å². The molecule has 0 heterocycles. The number of fused-ring (bicyclic) bond motifs is 1. The molecule has 0 saturated carbocycles. The van der Waals surface area contributed by atoms with E-state index in [1.807, 2.05) is 0 Å². The number of carbonyl (C=O) groups is 1. The van der Waals surface area contributed by atoms with E-state index in [-0.39, 0.29) is 22.0 Å². The summed E-state index contributed by atoms with van der Waals surface area (Å²) >= 11 is 0. The monoisotopic (exact) mass is 423 g/mol. The standard InChI is InChI=1S/C17H13NO8S2/c19-16-12-9-15(28(24,25)26)13(18-17(20)10-4-2-1-3-5-10)8-11(12)6-7-14(16)27(21,22)23/h1-9,19H,(H,18,20)(H,21,22,23)(H,24,25,26). The van der Waals surface area contributed by atoms with Gasteiger partial charge in [-0.05, 0) is 35.7 Å². The minimum Gasteiger partial charge on any atom is -0.506 e. The minimum atomic E-state index is -4.86. The fourth-order valence-electron chi connectivity index (χ4n) is 2.62. The normalized spacial score (nSPS) is 12.1. The van der Waals surface area contributed by atoms with Gasteiger partial charge in [0.05, 0.1) is 5.69 Å². The molecule has 3 aromatic rings. The Labute approximate surface area is 159 Å². The third-order valence-electron chi connectivity index (χ3n) is 3.89. The largest absolute Gasteiger partial charge is 0.506 e. The first-order chi connectivity index (χ1) is 13.0. The number of aromatic hydroxyl groups is 1. The van der Waals surface area contributed by atoms with Gasteiger partial charge < -0.3 is 10.4 Å². The van der Waals surface area contributed by atoms with Crippen LogP contribution in [-0.4, -0.2) is 37.0 Å². The second-order valence-electron chi connectivity index (χ2n) is 5.75. The maximum atomic E-state index is 12.3. The van der Waals surface area contributed by atoms with Crippen LogP contribution in [0.1, 0.15) is 10.4 Å². The van der Waals surface area contributed by atoms with E-state index in [0.29, 0.717) is 0 Å². The van der Waals surface area contributed by atoms with Crippen molar-refractivity contribution in [3.8, 4) is 5.75 Å². The van der Waals surface area contributed by atoms with Crippen LogP contribution in [0.3, 0.4) is 0 Å². The van der Waals surface area contributed by atoms with Gasteiger partial charge in [0.15, 0.2) is 0 Å². The van der Waals surface area contributed by atoms with E-state index in [1.165, 1.54) is 18.2 Å². The molecule has 146 valence electrons. The first-order valence-electron chi connectivity index (χ1n) is 7.59. The summed E-state index contributed by atoms with van der Waals surface area (Å²) in [6, 6.07) is 11.9. The maximum absolute atomic E-state index is 12.3. The van der Waals surface area contributed by atoms with Crippen LogP contribution in [0.15, 0.2) is 64.4 Å². The summed E-state index contributed by atoms with van der Waals surface area (Å²) in [6.07, 6.45) is 0. The Balaban J connectivity index is 2.22. The molecule has 3 rings (SSSR count). The molecule has 0 radical (unpaired) electrons. The number of phenols is 1. The van der Waals surface area contributed by atoms with Gasteiger partial charge in [0.2, 0.25) is 0 Å². The zero-order chi connectivity index (χ0) is 20.7. The highest BCUT2D eigenvalue weighted by Gasteiger charge is 2.23. The Morgan fingerprint density at radius 3 is 2.00 bits per heavy atom. The lowest BCUT2D eigenvalue weighted by atomic mass is 10.1. The van der Waals surface area contributed by atoms with Crippen LogP contribution in [0.25, 0.3) is 10.8 Å². The molecule has 0 unspecified atom stereocenters. The maximum Gasteiger partial charge on any atom is 0.298 e. The van der Waals surface area contributed by atoms with Crippen LogP contribution in [0.5, 0.6) is 5.75 Å². The van der Waals surface area contributed by atoms with E-state index in [2.05, 4.69) is 5.32 Å². The van der Waals surface area contributed by atoms with E-state index >= 15 is 0 Å². The lowest BCUT2D eigenvalue weighted by Crippen LogP contribution is -2.14. The average Bonchev–Trinajstić information content (AvgIpc) is 2.60. The van der Waals surface area contributed by atoms with Gasteiger partial charge in [0, 0.05) is 10.9 Å². The van der Waals surface area contributed by atoms with E-state index < -0.39 is 41.7 Å². The van der Waals surface area contributed by atoms with Crippen LogP contribution >= 0.6 is 0 Å². The van der Waals surface area contributed by atoms with Crippen molar-refractivity contribution in [3.63, 3.8) is 0 Å². The Kier molecular flexibility index (Phi) is 4.85. The highest BCUT2D eigenvalue weighted by molar-refractivity contribution is 7.86. The van der Waals surface area contributed by atoms with Crippen molar-refractivity contribution in [1.29, 1.82) is 0 Å². The van der Waals surface area contributed by atoms with Gasteiger partial charge in [-0.1, -0.05) is 24.3 Å². The summed E-state index contributed by atoms with van der Waals surface area (Å²) in [6.45, 7) is 0. The highest BCUT2D eigenvalue weighted by Crippen LogP contribution is 2.36. The van der Waals surface area contributed by atoms with Gasteiger partial charge in [-0.25, -0.2) is 0 Å². The molecule has 0 aliphatic carbocycles. The van der Waals surface area contributed by atoms with Crippen molar-refractivity contribution in [2.24, 2.45) is 0 Å². The molecular formula is C17H13NO8S2.